The summed E-state index contributed by atoms with van der Waals surface area (Å²) >= 11 is 1.49. The van der Waals surface area contributed by atoms with Crippen molar-refractivity contribution in [3.8, 4) is 0 Å². The van der Waals surface area contributed by atoms with E-state index in [4.69, 9.17) is 9.26 Å². The van der Waals surface area contributed by atoms with Crippen LogP contribution in [0.4, 0.5) is 0 Å². The van der Waals surface area contributed by atoms with Gasteiger partial charge in [0, 0.05) is 17.5 Å². The monoisotopic (exact) mass is 467 g/mol. The summed E-state index contributed by atoms with van der Waals surface area (Å²) in [4.78, 5) is 31.7. The number of aromatic nitrogens is 2. The Morgan fingerprint density at radius 3 is 2.58 bits per heavy atom. The second kappa shape index (κ2) is 9.82. The van der Waals surface area contributed by atoms with Gasteiger partial charge in [0.2, 0.25) is 5.89 Å². The number of sulfone groups is 1. The number of nitrogens with zero attached hydrogens (tertiary/aromatic N) is 3. The second-order valence-corrected chi connectivity index (χ2v) is 10.6. The molecule has 2 aromatic rings. The van der Waals surface area contributed by atoms with Gasteiger partial charge in [-0.3, -0.25) is 4.79 Å². The third kappa shape index (κ3) is 6.07. The average molecular weight is 468 g/mol. The van der Waals surface area contributed by atoms with E-state index in [9.17, 15) is 18.0 Å². The Kier molecular flexibility index (Phi) is 7.37. The third-order valence-electron chi connectivity index (χ3n) is 4.93. The lowest BCUT2D eigenvalue weighted by molar-refractivity contribution is -0.141. The molecule has 0 N–H and O–H groups in total. The van der Waals surface area contributed by atoms with Crippen molar-refractivity contribution in [1.82, 2.24) is 15.0 Å². The standard InChI is InChI=1S/C20H25N3O6S2/c1-4-23(16-9-10-31(26,27)12-16)19(24)13(2)28-20(25)15-5-7-17(8-6-15)30-11-18-21-14(3)22-29-18/h5-8,13,16H,4,9-12H2,1-3H3/t13-,16+/m0/s1. The first kappa shape index (κ1) is 23.3. The van der Waals surface area contributed by atoms with Crippen molar-refractivity contribution in [2.45, 2.75) is 50.0 Å². The van der Waals surface area contributed by atoms with E-state index in [2.05, 4.69) is 10.1 Å². The summed E-state index contributed by atoms with van der Waals surface area (Å²) in [7, 11) is -3.12. The highest BCUT2D eigenvalue weighted by atomic mass is 32.2. The molecule has 1 amide bonds. The summed E-state index contributed by atoms with van der Waals surface area (Å²) in [6.07, 6.45) is -0.601. The van der Waals surface area contributed by atoms with Crippen LogP contribution in [0.1, 0.15) is 42.3 Å². The number of ether oxygens (including phenoxy) is 1. The molecule has 3 rings (SSSR count). The van der Waals surface area contributed by atoms with Crippen LogP contribution in [-0.4, -0.2) is 65.5 Å². The van der Waals surface area contributed by atoms with Crippen LogP contribution in [0, 0.1) is 6.92 Å². The SMILES string of the molecule is CCN(C(=O)[C@H](C)OC(=O)c1ccc(SCc2nc(C)no2)cc1)[C@@H]1CCS(=O)(=O)C1. The fraction of sp³-hybridized carbons (Fsp3) is 0.500. The van der Waals surface area contributed by atoms with Gasteiger partial charge in [-0.05, 0) is 51.5 Å². The second-order valence-electron chi connectivity index (χ2n) is 7.28. The minimum atomic E-state index is -3.12. The van der Waals surface area contributed by atoms with Gasteiger partial charge in [0.25, 0.3) is 5.91 Å². The topological polar surface area (TPSA) is 120 Å². The van der Waals surface area contributed by atoms with E-state index < -0.39 is 21.9 Å². The predicted octanol–water partition coefficient (Wildman–Crippen LogP) is 2.25. The molecule has 2 atom stereocenters. The maximum absolute atomic E-state index is 12.7. The van der Waals surface area contributed by atoms with E-state index in [1.54, 1.807) is 38.1 Å². The Hall–Kier alpha value is -2.40. The molecule has 1 aliphatic rings. The quantitative estimate of drug-likeness (QED) is 0.425. The van der Waals surface area contributed by atoms with Gasteiger partial charge in [0.1, 0.15) is 0 Å². The Morgan fingerprint density at radius 1 is 1.32 bits per heavy atom. The normalized spacial score (nSPS) is 18.5. The molecule has 0 unspecified atom stereocenters. The van der Waals surface area contributed by atoms with E-state index >= 15 is 0 Å². The highest BCUT2D eigenvalue weighted by Crippen LogP contribution is 2.23. The number of carbonyl (C=O) groups is 2. The fourth-order valence-electron chi connectivity index (χ4n) is 3.36. The van der Waals surface area contributed by atoms with Crippen LogP contribution in [-0.2, 0) is 25.1 Å². The van der Waals surface area contributed by atoms with Gasteiger partial charge in [-0.25, -0.2) is 13.2 Å². The molecule has 0 saturated carbocycles. The summed E-state index contributed by atoms with van der Waals surface area (Å²) in [6.45, 7) is 5.39. The highest BCUT2D eigenvalue weighted by molar-refractivity contribution is 7.98. The van der Waals surface area contributed by atoms with Crippen LogP contribution in [0.15, 0.2) is 33.7 Å². The Labute approximate surface area is 185 Å². The van der Waals surface area contributed by atoms with Crippen LogP contribution >= 0.6 is 11.8 Å². The first-order chi connectivity index (χ1) is 14.7. The van der Waals surface area contributed by atoms with Gasteiger partial charge in [-0.2, -0.15) is 4.98 Å². The minimum absolute atomic E-state index is 0.0461. The van der Waals surface area contributed by atoms with E-state index in [0.717, 1.165) is 4.90 Å². The number of benzene rings is 1. The number of hydrogen-bond acceptors (Lipinski definition) is 9. The lowest BCUT2D eigenvalue weighted by Gasteiger charge is -2.29. The molecule has 1 aromatic heterocycles. The van der Waals surface area contributed by atoms with E-state index in [1.807, 2.05) is 0 Å². The van der Waals surface area contributed by atoms with E-state index in [0.29, 0.717) is 36.0 Å². The summed E-state index contributed by atoms with van der Waals surface area (Å²) in [5.74, 6) is 0.643. The van der Waals surface area contributed by atoms with E-state index in [-0.39, 0.29) is 23.5 Å². The maximum atomic E-state index is 12.7. The molecule has 0 radical (unpaired) electrons. The maximum Gasteiger partial charge on any atom is 0.338 e. The van der Waals surface area contributed by atoms with Crippen molar-refractivity contribution in [1.29, 1.82) is 0 Å². The first-order valence-corrected chi connectivity index (χ1v) is 12.7. The van der Waals surface area contributed by atoms with Crippen molar-refractivity contribution >= 4 is 33.5 Å². The minimum Gasteiger partial charge on any atom is -0.449 e. The average Bonchev–Trinajstić information content (AvgIpc) is 3.31. The molecule has 2 heterocycles. The van der Waals surface area contributed by atoms with Gasteiger partial charge in [-0.1, -0.05) is 5.16 Å². The number of hydrogen-bond donors (Lipinski definition) is 0. The van der Waals surface area contributed by atoms with Crippen LogP contribution in [0.2, 0.25) is 0 Å². The van der Waals surface area contributed by atoms with E-state index in [1.165, 1.54) is 23.6 Å². The largest absolute Gasteiger partial charge is 0.449 e. The molecular formula is C20H25N3O6S2. The van der Waals surface area contributed by atoms with Crippen LogP contribution in [0.25, 0.3) is 0 Å². The van der Waals surface area contributed by atoms with Crippen LogP contribution in [0.5, 0.6) is 0 Å². The summed E-state index contributed by atoms with van der Waals surface area (Å²) in [5, 5.41) is 3.74. The zero-order valence-corrected chi connectivity index (χ0v) is 19.2. The zero-order valence-electron chi connectivity index (χ0n) is 17.6. The molecule has 9 nitrogen and oxygen atoms in total. The van der Waals surface area contributed by atoms with Gasteiger partial charge >= 0.3 is 5.97 Å². The number of thioether (sulfide) groups is 1. The van der Waals surface area contributed by atoms with Gasteiger partial charge < -0.3 is 14.2 Å². The molecule has 31 heavy (non-hydrogen) atoms. The van der Waals surface area contributed by atoms with Crippen molar-refractivity contribution < 1.29 is 27.3 Å². The number of carbonyl (C=O) groups excluding carboxylic acids is 2. The molecule has 168 valence electrons. The molecule has 1 aromatic carbocycles. The van der Waals surface area contributed by atoms with Crippen molar-refractivity contribution in [2.75, 3.05) is 18.1 Å². The zero-order chi connectivity index (χ0) is 22.6. The lowest BCUT2D eigenvalue weighted by Crippen LogP contribution is -2.46. The number of esters is 1. The first-order valence-electron chi connectivity index (χ1n) is 9.92. The third-order valence-corrected chi connectivity index (χ3v) is 7.67. The molecular weight excluding hydrogens is 442 g/mol. The number of likely N-dealkylation sites (N-methyl/N-ethyl adjacent to an activating group) is 1. The van der Waals surface area contributed by atoms with Gasteiger partial charge in [0.15, 0.2) is 21.8 Å². The summed E-state index contributed by atoms with van der Waals surface area (Å²) in [5.41, 5.74) is 0.323. The lowest BCUT2D eigenvalue weighted by atomic mass is 10.2. The molecule has 1 aliphatic heterocycles. The van der Waals surface area contributed by atoms with Crippen molar-refractivity contribution in [3.05, 3.63) is 41.5 Å². The Bertz CT molecular complexity index is 1040. The van der Waals surface area contributed by atoms with Gasteiger partial charge in [0.05, 0.1) is 22.8 Å². The van der Waals surface area contributed by atoms with Crippen molar-refractivity contribution in [2.24, 2.45) is 0 Å². The smallest absolute Gasteiger partial charge is 0.338 e. The molecule has 0 spiro atoms. The molecule has 1 saturated heterocycles. The van der Waals surface area contributed by atoms with Gasteiger partial charge in [-0.15, -0.1) is 11.8 Å². The predicted molar refractivity (Wildman–Crippen MR) is 114 cm³/mol. The summed E-state index contributed by atoms with van der Waals surface area (Å²) in [6, 6.07) is 6.43. The molecule has 1 fully saturated rings. The van der Waals surface area contributed by atoms with Crippen molar-refractivity contribution in [3.63, 3.8) is 0 Å². The number of rotatable bonds is 8. The van der Waals surface area contributed by atoms with Crippen LogP contribution < -0.4 is 0 Å². The molecule has 0 bridgehead atoms. The van der Waals surface area contributed by atoms with Crippen LogP contribution in [0.3, 0.4) is 0 Å². The highest BCUT2D eigenvalue weighted by Gasteiger charge is 2.36. The summed E-state index contributed by atoms with van der Waals surface area (Å²) < 4.78 is 33.9. The number of amides is 1. The molecule has 0 aliphatic carbocycles. The number of aryl methyl sites for hydroxylation is 1. The Morgan fingerprint density at radius 2 is 2.03 bits per heavy atom. The fourth-order valence-corrected chi connectivity index (χ4v) is 5.83. The Balaban J connectivity index is 1.55. The molecule has 11 heteroatoms.